The SMILES string of the molecule is CCc1nncn1CCNC(=NCC1CCCN1CC)NCCC1=CCCCC1.I. The highest BCUT2D eigenvalue weighted by atomic mass is 127. The molecule has 1 aromatic heterocycles. The van der Waals surface area contributed by atoms with Gasteiger partial charge in [-0.15, -0.1) is 34.2 Å². The lowest BCUT2D eigenvalue weighted by molar-refractivity contribution is 0.273. The molecule has 2 aliphatic rings. The van der Waals surface area contributed by atoms with Crippen molar-refractivity contribution in [1.29, 1.82) is 0 Å². The molecule has 0 bridgehead atoms. The van der Waals surface area contributed by atoms with Crippen molar-refractivity contribution in [1.82, 2.24) is 30.3 Å². The average molecular weight is 530 g/mol. The number of guanidine groups is 1. The number of likely N-dealkylation sites (N-methyl/N-ethyl adjacent to an activating group) is 1. The molecule has 1 aromatic rings. The van der Waals surface area contributed by atoms with Crippen molar-refractivity contribution in [3.8, 4) is 0 Å². The molecule has 170 valence electrons. The number of hydrogen-bond acceptors (Lipinski definition) is 4. The summed E-state index contributed by atoms with van der Waals surface area (Å²) in [5, 5.41) is 15.3. The largest absolute Gasteiger partial charge is 0.356 e. The molecule has 0 amide bonds. The third-order valence-electron chi connectivity index (χ3n) is 6.15. The summed E-state index contributed by atoms with van der Waals surface area (Å²) in [5.74, 6) is 1.97. The van der Waals surface area contributed by atoms with Gasteiger partial charge in [0.05, 0.1) is 6.54 Å². The predicted octanol–water partition coefficient (Wildman–Crippen LogP) is 3.37. The lowest BCUT2D eigenvalue weighted by atomic mass is 9.97. The molecule has 0 spiro atoms. The van der Waals surface area contributed by atoms with E-state index in [1.165, 1.54) is 45.1 Å². The summed E-state index contributed by atoms with van der Waals surface area (Å²) in [6, 6.07) is 0.587. The molecule has 30 heavy (non-hydrogen) atoms. The maximum Gasteiger partial charge on any atom is 0.191 e. The van der Waals surface area contributed by atoms with Crippen molar-refractivity contribution < 1.29 is 0 Å². The van der Waals surface area contributed by atoms with Crippen LogP contribution < -0.4 is 10.6 Å². The van der Waals surface area contributed by atoms with Crippen LogP contribution in [0, 0.1) is 0 Å². The van der Waals surface area contributed by atoms with Gasteiger partial charge in [-0.05, 0) is 58.0 Å². The summed E-state index contributed by atoms with van der Waals surface area (Å²) >= 11 is 0. The summed E-state index contributed by atoms with van der Waals surface area (Å²) in [7, 11) is 0. The summed E-state index contributed by atoms with van der Waals surface area (Å²) in [6.07, 6.45) is 14.1. The van der Waals surface area contributed by atoms with E-state index >= 15 is 0 Å². The average Bonchev–Trinajstić information content (AvgIpc) is 3.41. The van der Waals surface area contributed by atoms with Crippen LogP contribution in [0.25, 0.3) is 0 Å². The molecular weight excluding hydrogens is 489 g/mol. The van der Waals surface area contributed by atoms with E-state index in [9.17, 15) is 0 Å². The first-order valence-electron chi connectivity index (χ1n) is 11.6. The lowest BCUT2D eigenvalue weighted by Gasteiger charge is -2.22. The second kappa shape index (κ2) is 14.0. The molecule has 1 unspecified atom stereocenters. The van der Waals surface area contributed by atoms with Crippen molar-refractivity contribution >= 4 is 29.9 Å². The van der Waals surface area contributed by atoms with Gasteiger partial charge in [-0.3, -0.25) is 9.89 Å². The summed E-state index contributed by atoms with van der Waals surface area (Å²) in [4.78, 5) is 7.49. The van der Waals surface area contributed by atoms with Gasteiger partial charge in [0.2, 0.25) is 0 Å². The van der Waals surface area contributed by atoms with Gasteiger partial charge < -0.3 is 15.2 Å². The van der Waals surface area contributed by atoms with Crippen molar-refractivity contribution in [2.24, 2.45) is 4.99 Å². The van der Waals surface area contributed by atoms with Crippen LogP contribution in [-0.4, -0.2) is 64.4 Å². The fourth-order valence-corrected chi connectivity index (χ4v) is 4.40. The molecule has 1 fully saturated rings. The highest BCUT2D eigenvalue weighted by molar-refractivity contribution is 14.0. The Bertz CT molecular complexity index is 670. The number of hydrogen-bond donors (Lipinski definition) is 2. The molecule has 1 atom stereocenters. The van der Waals surface area contributed by atoms with E-state index in [4.69, 9.17) is 4.99 Å². The molecule has 2 N–H and O–H groups in total. The molecule has 1 aliphatic heterocycles. The maximum atomic E-state index is 4.94. The van der Waals surface area contributed by atoms with E-state index in [-0.39, 0.29) is 24.0 Å². The molecule has 2 heterocycles. The van der Waals surface area contributed by atoms with E-state index in [1.54, 1.807) is 5.57 Å². The Balaban J connectivity index is 0.00000320. The third-order valence-corrected chi connectivity index (χ3v) is 6.15. The number of aromatic nitrogens is 3. The van der Waals surface area contributed by atoms with Gasteiger partial charge in [-0.2, -0.15) is 0 Å². The van der Waals surface area contributed by atoms with E-state index < -0.39 is 0 Å². The lowest BCUT2D eigenvalue weighted by Crippen LogP contribution is -2.41. The molecule has 1 aliphatic carbocycles. The molecule has 0 saturated carbocycles. The van der Waals surface area contributed by atoms with Crippen LogP contribution in [0.5, 0.6) is 0 Å². The van der Waals surface area contributed by atoms with Gasteiger partial charge in [-0.25, -0.2) is 0 Å². The maximum absolute atomic E-state index is 4.94. The fraction of sp³-hybridized carbons (Fsp3) is 0.773. The van der Waals surface area contributed by atoms with E-state index in [2.05, 4.69) is 50.2 Å². The summed E-state index contributed by atoms with van der Waals surface area (Å²) in [5.41, 5.74) is 1.60. The minimum atomic E-state index is 0. The number of aliphatic imine (C=N–C) groups is 1. The van der Waals surface area contributed by atoms with E-state index in [1.807, 2.05) is 6.33 Å². The van der Waals surface area contributed by atoms with Crippen molar-refractivity contribution in [2.75, 3.05) is 32.7 Å². The zero-order valence-corrected chi connectivity index (χ0v) is 21.1. The topological polar surface area (TPSA) is 70.4 Å². The number of nitrogens with zero attached hydrogens (tertiary/aromatic N) is 5. The Morgan fingerprint density at radius 1 is 1.20 bits per heavy atom. The van der Waals surface area contributed by atoms with Crippen LogP contribution in [-0.2, 0) is 13.0 Å². The fourth-order valence-electron chi connectivity index (χ4n) is 4.40. The quantitative estimate of drug-likeness (QED) is 0.211. The van der Waals surface area contributed by atoms with Gasteiger partial charge in [0.1, 0.15) is 12.2 Å². The van der Waals surface area contributed by atoms with Gasteiger partial charge in [0.15, 0.2) is 5.96 Å². The van der Waals surface area contributed by atoms with Crippen LogP contribution in [0.1, 0.15) is 64.6 Å². The predicted molar refractivity (Wildman–Crippen MR) is 135 cm³/mol. The van der Waals surface area contributed by atoms with Gasteiger partial charge in [-0.1, -0.05) is 25.5 Å². The van der Waals surface area contributed by atoms with Crippen molar-refractivity contribution in [3.63, 3.8) is 0 Å². The Hall–Kier alpha value is -1.16. The Morgan fingerprint density at radius 2 is 2.07 bits per heavy atom. The molecule has 8 heteroatoms. The minimum absolute atomic E-state index is 0. The first-order valence-corrected chi connectivity index (χ1v) is 11.6. The second-order valence-corrected chi connectivity index (χ2v) is 8.12. The van der Waals surface area contributed by atoms with Crippen LogP contribution in [0.15, 0.2) is 23.0 Å². The Kier molecular flexibility index (Phi) is 11.7. The monoisotopic (exact) mass is 529 g/mol. The first kappa shape index (κ1) is 25.1. The van der Waals surface area contributed by atoms with E-state index in [0.717, 1.165) is 57.3 Å². The summed E-state index contributed by atoms with van der Waals surface area (Å²) < 4.78 is 2.12. The van der Waals surface area contributed by atoms with Gasteiger partial charge in [0.25, 0.3) is 0 Å². The molecule has 0 aromatic carbocycles. The number of allylic oxidation sites excluding steroid dienone is 1. The molecule has 7 nitrogen and oxygen atoms in total. The summed E-state index contributed by atoms with van der Waals surface area (Å²) in [6.45, 7) is 10.2. The third kappa shape index (κ3) is 7.83. The number of halogens is 1. The van der Waals surface area contributed by atoms with Crippen LogP contribution in [0.3, 0.4) is 0 Å². The highest BCUT2D eigenvalue weighted by Crippen LogP contribution is 2.19. The molecule has 0 radical (unpaired) electrons. The molecular formula is C22H40IN7. The van der Waals surface area contributed by atoms with Crippen molar-refractivity contribution in [3.05, 3.63) is 23.8 Å². The second-order valence-electron chi connectivity index (χ2n) is 8.12. The van der Waals surface area contributed by atoms with Gasteiger partial charge >= 0.3 is 0 Å². The minimum Gasteiger partial charge on any atom is -0.356 e. The first-order chi connectivity index (χ1) is 14.3. The number of likely N-dealkylation sites (tertiary alicyclic amines) is 1. The smallest absolute Gasteiger partial charge is 0.191 e. The number of rotatable bonds is 10. The molecule has 1 saturated heterocycles. The molecule has 3 rings (SSSR count). The van der Waals surface area contributed by atoms with E-state index in [0.29, 0.717) is 6.04 Å². The standard InChI is InChI=1S/C22H39N7.HI/c1-3-21-27-26-18-29(21)16-14-24-22(23-13-12-19-9-6-5-7-10-19)25-17-20-11-8-15-28(20)4-2;/h9,18,20H,3-8,10-17H2,1-2H3,(H2,23,24,25);1H. The zero-order chi connectivity index (χ0) is 20.3. The van der Waals surface area contributed by atoms with Crippen LogP contribution in [0.4, 0.5) is 0 Å². The van der Waals surface area contributed by atoms with Crippen LogP contribution >= 0.6 is 24.0 Å². The normalized spacial score (nSPS) is 20.0. The highest BCUT2D eigenvalue weighted by Gasteiger charge is 2.22. The number of aryl methyl sites for hydroxylation is 1. The zero-order valence-electron chi connectivity index (χ0n) is 18.8. The Morgan fingerprint density at radius 3 is 2.83 bits per heavy atom. The van der Waals surface area contributed by atoms with Gasteiger partial charge in [0, 0.05) is 32.1 Å². The van der Waals surface area contributed by atoms with Crippen LogP contribution in [0.2, 0.25) is 0 Å². The Labute approximate surface area is 199 Å². The van der Waals surface area contributed by atoms with Crippen molar-refractivity contribution in [2.45, 2.75) is 77.8 Å². The number of nitrogens with one attached hydrogen (secondary N) is 2.